The number of unbranched alkanes of at least 4 members (excludes halogenated alkanes) is 7. The van der Waals surface area contributed by atoms with Crippen molar-refractivity contribution >= 4 is 11.7 Å². The van der Waals surface area contributed by atoms with Gasteiger partial charge in [0.2, 0.25) is 5.90 Å². The Morgan fingerprint density at radius 2 is 1.29 bits per heavy atom. The first-order valence-electron chi connectivity index (χ1n) is 10.9. The van der Waals surface area contributed by atoms with E-state index in [9.17, 15) is 0 Å². The summed E-state index contributed by atoms with van der Waals surface area (Å²) in [5.41, 5.74) is 2.16. The van der Waals surface area contributed by atoms with Crippen LogP contribution >= 0.6 is 0 Å². The summed E-state index contributed by atoms with van der Waals surface area (Å²) >= 11 is 0. The smallest absolute Gasteiger partial charge is 0.222 e. The van der Waals surface area contributed by atoms with Gasteiger partial charge in [0.25, 0.3) is 0 Å². The van der Waals surface area contributed by atoms with Gasteiger partial charge in [0.15, 0.2) is 0 Å². The van der Waals surface area contributed by atoms with E-state index < -0.39 is 0 Å². The molecule has 2 nitrogen and oxygen atoms in total. The number of hydrogen-bond donors (Lipinski definition) is 0. The van der Waals surface area contributed by atoms with Crippen molar-refractivity contribution in [2.24, 2.45) is 4.99 Å². The number of aliphatic imine (C=N–C) groups is 1. The Bertz CT molecular complexity index is 693. The third-order valence-corrected chi connectivity index (χ3v) is 5.27. The molecule has 0 bridgehead atoms. The lowest BCUT2D eigenvalue weighted by atomic mass is 10.0. The minimum Gasteiger partial charge on any atom is -0.438 e. The Kier molecular flexibility index (Phi) is 8.36. The molecule has 28 heavy (non-hydrogen) atoms. The summed E-state index contributed by atoms with van der Waals surface area (Å²) < 4.78 is 6.18. The summed E-state index contributed by atoms with van der Waals surface area (Å²) in [6, 6.07) is 20.8. The number of hydrogen-bond acceptors (Lipinski definition) is 2. The lowest BCUT2D eigenvalue weighted by Gasteiger charge is -2.21. The van der Waals surface area contributed by atoms with Crippen LogP contribution < -0.4 is 0 Å². The zero-order valence-corrected chi connectivity index (χ0v) is 17.1. The van der Waals surface area contributed by atoms with E-state index >= 15 is 0 Å². The second-order valence-electron chi connectivity index (χ2n) is 7.63. The molecular formula is C26H33NO. The van der Waals surface area contributed by atoms with Crippen LogP contribution in [-0.2, 0) is 4.74 Å². The Morgan fingerprint density at radius 1 is 0.714 bits per heavy atom. The molecule has 0 spiro atoms. The fraction of sp³-hybridized carbons (Fsp3) is 0.423. The van der Waals surface area contributed by atoms with Crippen molar-refractivity contribution in [3.8, 4) is 0 Å². The van der Waals surface area contributed by atoms with E-state index in [1.54, 1.807) is 0 Å². The highest BCUT2D eigenvalue weighted by Gasteiger charge is 2.19. The zero-order chi connectivity index (χ0) is 19.4. The summed E-state index contributed by atoms with van der Waals surface area (Å²) in [5.74, 6) is 1.67. The Morgan fingerprint density at radius 3 is 1.93 bits per heavy atom. The minimum atomic E-state index is 0.194. The van der Waals surface area contributed by atoms with Crippen molar-refractivity contribution < 1.29 is 4.74 Å². The molecule has 0 aliphatic carbocycles. The van der Waals surface area contributed by atoms with Gasteiger partial charge in [-0.1, -0.05) is 107 Å². The first-order valence-corrected chi connectivity index (χ1v) is 10.9. The second-order valence-corrected chi connectivity index (χ2v) is 7.63. The van der Waals surface area contributed by atoms with Gasteiger partial charge in [-0.25, -0.2) is 4.99 Å². The van der Waals surface area contributed by atoms with Gasteiger partial charge in [-0.2, -0.15) is 0 Å². The van der Waals surface area contributed by atoms with Crippen LogP contribution in [0.1, 0.15) is 75.8 Å². The van der Waals surface area contributed by atoms with Gasteiger partial charge in [-0.3, -0.25) is 0 Å². The maximum atomic E-state index is 6.18. The van der Waals surface area contributed by atoms with Crippen LogP contribution in [0.4, 0.5) is 0 Å². The maximum absolute atomic E-state index is 6.18. The molecule has 3 rings (SSSR count). The fourth-order valence-electron chi connectivity index (χ4n) is 3.63. The van der Waals surface area contributed by atoms with Crippen molar-refractivity contribution in [3.05, 3.63) is 77.9 Å². The molecule has 1 aliphatic rings. The van der Waals surface area contributed by atoms with Crippen LogP contribution in [0.15, 0.2) is 71.7 Å². The predicted molar refractivity (Wildman–Crippen MR) is 119 cm³/mol. The third-order valence-electron chi connectivity index (χ3n) is 5.27. The van der Waals surface area contributed by atoms with E-state index in [0.717, 1.165) is 29.2 Å². The lowest BCUT2D eigenvalue weighted by Crippen LogP contribution is -2.17. The van der Waals surface area contributed by atoms with Crippen molar-refractivity contribution in [3.63, 3.8) is 0 Å². The van der Waals surface area contributed by atoms with E-state index in [1.165, 1.54) is 51.4 Å². The second kappa shape index (κ2) is 11.5. The number of rotatable bonds is 11. The van der Waals surface area contributed by atoms with Gasteiger partial charge in [-0.05, 0) is 24.6 Å². The van der Waals surface area contributed by atoms with Crippen LogP contribution in [0.25, 0.3) is 5.76 Å². The molecule has 0 fully saturated rings. The van der Waals surface area contributed by atoms with Crippen LogP contribution in [0.3, 0.4) is 0 Å². The molecule has 0 saturated heterocycles. The highest BCUT2D eigenvalue weighted by Crippen LogP contribution is 2.26. The monoisotopic (exact) mass is 375 g/mol. The Hall–Kier alpha value is -2.35. The Balaban J connectivity index is 1.59. The predicted octanol–water partition coefficient (Wildman–Crippen LogP) is 7.40. The van der Waals surface area contributed by atoms with Gasteiger partial charge in [0, 0.05) is 11.1 Å². The molecular weight excluding hydrogens is 342 g/mol. The quantitative estimate of drug-likeness (QED) is 0.375. The van der Waals surface area contributed by atoms with Gasteiger partial charge in [0.05, 0.1) is 6.04 Å². The molecule has 148 valence electrons. The fourth-order valence-corrected chi connectivity index (χ4v) is 3.63. The largest absolute Gasteiger partial charge is 0.438 e. The molecule has 0 radical (unpaired) electrons. The molecule has 2 aromatic rings. The molecule has 0 aromatic heterocycles. The van der Waals surface area contributed by atoms with Crippen LogP contribution in [-0.4, -0.2) is 11.9 Å². The molecule has 2 aromatic carbocycles. The van der Waals surface area contributed by atoms with Crippen LogP contribution in [0.2, 0.25) is 0 Å². The van der Waals surface area contributed by atoms with E-state index in [1.807, 2.05) is 24.3 Å². The highest BCUT2D eigenvalue weighted by atomic mass is 16.5. The highest BCUT2D eigenvalue weighted by molar-refractivity contribution is 5.98. The van der Waals surface area contributed by atoms with E-state index in [4.69, 9.17) is 9.73 Å². The van der Waals surface area contributed by atoms with Crippen molar-refractivity contribution in [2.45, 2.75) is 70.8 Å². The van der Waals surface area contributed by atoms with Crippen LogP contribution in [0, 0.1) is 0 Å². The number of benzene rings is 2. The van der Waals surface area contributed by atoms with Gasteiger partial charge in [-0.15, -0.1) is 0 Å². The molecule has 2 heteroatoms. The van der Waals surface area contributed by atoms with Crippen molar-refractivity contribution in [1.82, 2.24) is 0 Å². The number of ether oxygens (including phenoxy) is 1. The summed E-state index contributed by atoms with van der Waals surface area (Å²) in [6.45, 7) is 2.27. The summed E-state index contributed by atoms with van der Waals surface area (Å²) in [5, 5.41) is 0. The third kappa shape index (κ3) is 6.37. The number of nitrogens with zero attached hydrogens (tertiary/aromatic N) is 1. The molecule has 0 amide bonds. The van der Waals surface area contributed by atoms with E-state index in [0.29, 0.717) is 0 Å². The average Bonchev–Trinajstić information content (AvgIpc) is 2.76. The van der Waals surface area contributed by atoms with Crippen molar-refractivity contribution in [1.29, 1.82) is 0 Å². The molecule has 1 aliphatic heterocycles. The topological polar surface area (TPSA) is 21.6 Å². The maximum Gasteiger partial charge on any atom is 0.222 e. The SMILES string of the molecule is CCCCCCCCCCC1C=C(c2ccccc2)OC(c2ccccc2)=N1. The van der Waals surface area contributed by atoms with E-state index in [2.05, 4.69) is 49.4 Å². The van der Waals surface area contributed by atoms with Crippen molar-refractivity contribution in [2.75, 3.05) is 0 Å². The summed E-state index contributed by atoms with van der Waals surface area (Å²) in [4.78, 5) is 4.90. The molecule has 0 saturated carbocycles. The van der Waals surface area contributed by atoms with Gasteiger partial charge >= 0.3 is 0 Å². The molecule has 1 atom stereocenters. The first kappa shape index (κ1) is 20.4. The standard InChI is InChI=1S/C26H33NO/c1-2-3-4-5-6-7-8-15-20-24-21-25(22-16-11-9-12-17-22)28-26(27-24)23-18-13-10-14-19-23/h9-14,16-19,21,24H,2-8,15,20H2,1H3. The molecule has 1 unspecified atom stereocenters. The average molecular weight is 376 g/mol. The van der Waals surface area contributed by atoms with Gasteiger partial charge < -0.3 is 4.74 Å². The van der Waals surface area contributed by atoms with Crippen LogP contribution in [0.5, 0.6) is 0 Å². The van der Waals surface area contributed by atoms with E-state index in [-0.39, 0.29) is 6.04 Å². The minimum absolute atomic E-state index is 0.194. The lowest BCUT2D eigenvalue weighted by molar-refractivity contribution is 0.473. The summed E-state index contributed by atoms with van der Waals surface area (Å²) in [7, 11) is 0. The van der Waals surface area contributed by atoms with Gasteiger partial charge in [0.1, 0.15) is 5.76 Å². The zero-order valence-electron chi connectivity index (χ0n) is 17.1. The molecule has 1 heterocycles. The summed E-state index contributed by atoms with van der Waals surface area (Å²) in [6.07, 6.45) is 14.0. The normalized spacial score (nSPS) is 16.2. The Labute approximate surface area is 170 Å². The first-order chi connectivity index (χ1) is 13.9. The molecule has 0 N–H and O–H groups in total.